The second-order valence-electron chi connectivity index (χ2n) is 5.61. The van der Waals surface area contributed by atoms with Crippen LogP contribution in [-0.4, -0.2) is 47.5 Å². The van der Waals surface area contributed by atoms with Crippen molar-refractivity contribution in [1.82, 2.24) is 10.2 Å². The third-order valence-corrected chi connectivity index (χ3v) is 3.86. The van der Waals surface area contributed by atoms with E-state index in [1.807, 2.05) is 4.90 Å². The first-order valence-corrected chi connectivity index (χ1v) is 8.76. The van der Waals surface area contributed by atoms with Gasteiger partial charge in [0.05, 0.1) is 6.61 Å². The Balaban J connectivity index is 1.90. The molecule has 0 radical (unpaired) electrons. The lowest BCUT2D eigenvalue weighted by Gasteiger charge is -2.16. The lowest BCUT2D eigenvalue weighted by molar-refractivity contribution is -0.137. The summed E-state index contributed by atoms with van der Waals surface area (Å²) in [7, 11) is 0. The SMILES string of the molecule is CCOC(=O)/C=C/C(=O)NC(=S)Nc1cccc(C(=O)N2CCCC2)c1. The molecule has 0 aromatic heterocycles. The fourth-order valence-electron chi connectivity index (χ4n) is 2.48. The molecular formula is C18H21N3O4S. The minimum absolute atomic E-state index is 0.0153. The highest BCUT2D eigenvalue weighted by atomic mass is 32.1. The van der Waals surface area contributed by atoms with Crippen LogP contribution in [0.3, 0.4) is 0 Å². The van der Waals surface area contributed by atoms with Crippen LogP contribution in [-0.2, 0) is 14.3 Å². The number of carbonyl (C=O) groups excluding carboxylic acids is 3. The van der Waals surface area contributed by atoms with E-state index in [0.717, 1.165) is 38.1 Å². The lowest BCUT2D eigenvalue weighted by atomic mass is 10.2. The average molecular weight is 375 g/mol. The second-order valence-corrected chi connectivity index (χ2v) is 6.02. The van der Waals surface area contributed by atoms with Crippen LogP contribution in [0.2, 0.25) is 0 Å². The van der Waals surface area contributed by atoms with Crippen LogP contribution in [0.15, 0.2) is 36.4 Å². The van der Waals surface area contributed by atoms with Crippen LogP contribution in [0, 0.1) is 0 Å². The van der Waals surface area contributed by atoms with E-state index < -0.39 is 11.9 Å². The van der Waals surface area contributed by atoms with Gasteiger partial charge in [-0.2, -0.15) is 0 Å². The number of anilines is 1. The number of likely N-dealkylation sites (tertiary alicyclic amines) is 1. The Morgan fingerprint density at radius 2 is 1.96 bits per heavy atom. The molecule has 0 spiro atoms. The number of amides is 2. The first-order valence-electron chi connectivity index (χ1n) is 8.35. The molecule has 1 aromatic rings. The summed E-state index contributed by atoms with van der Waals surface area (Å²) in [6, 6.07) is 6.92. The molecule has 2 amide bonds. The van der Waals surface area contributed by atoms with Gasteiger partial charge in [0.25, 0.3) is 5.91 Å². The van der Waals surface area contributed by atoms with Crippen molar-refractivity contribution >= 4 is 40.8 Å². The summed E-state index contributed by atoms with van der Waals surface area (Å²) >= 11 is 5.07. The van der Waals surface area contributed by atoms with Crippen LogP contribution in [0.4, 0.5) is 5.69 Å². The van der Waals surface area contributed by atoms with Crippen molar-refractivity contribution in [1.29, 1.82) is 0 Å². The molecule has 0 bridgehead atoms. The van der Waals surface area contributed by atoms with Gasteiger partial charge in [-0.1, -0.05) is 6.07 Å². The Morgan fingerprint density at radius 3 is 2.65 bits per heavy atom. The summed E-state index contributed by atoms with van der Waals surface area (Å²) in [4.78, 5) is 37.1. The fraction of sp³-hybridized carbons (Fsp3) is 0.333. The maximum atomic E-state index is 12.4. The third kappa shape index (κ3) is 5.96. The van der Waals surface area contributed by atoms with Gasteiger partial charge in [0, 0.05) is 36.5 Å². The molecule has 1 aliphatic rings. The van der Waals surface area contributed by atoms with E-state index in [1.165, 1.54) is 0 Å². The molecule has 7 nitrogen and oxygen atoms in total. The Bertz CT molecular complexity index is 727. The van der Waals surface area contributed by atoms with Gasteiger partial charge in [0.15, 0.2) is 5.11 Å². The number of esters is 1. The summed E-state index contributed by atoms with van der Waals surface area (Å²) in [6.45, 7) is 3.46. The Labute approximate surface area is 157 Å². The number of ether oxygens (including phenoxy) is 1. The summed E-state index contributed by atoms with van der Waals surface area (Å²) < 4.78 is 4.68. The fourth-order valence-corrected chi connectivity index (χ4v) is 2.70. The average Bonchev–Trinajstić information content (AvgIpc) is 3.14. The van der Waals surface area contributed by atoms with E-state index in [4.69, 9.17) is 12.2 Å². The predicted molar refractivity (Wildman–Crippen MR) is 102 cm³/mol. The van der Waals surface area contributed by atoms with Crippen molar-refractivity contribution in [2.75, 3.05) is 25.0 Å². The topological polar surface area (TPSA) is 87.7 Å². The number of thiocarbonyl (C=S) groups is 1. The largest absolute Gasteiger partial charge is 0.463 e. The van der Waals surface area contributed by atoms with Gasteiger partial charge in [0.2, 0.25) is 5.91 Å². The van der Waals surface area contributed by atoms with Gasteiger partial charge in [-0.3, -0.25) is 14.9 Å². The minimum Gasteiger partial charge on any atom is -0.463 e. The summed E-state index contributed by atoms with van der Waals surface area (Å²) in [5.74, 6) is -1.17. The molecule has 1 aromatic carbocycles. The first kappa shape index (κ1) is 19.6. The van der Waals surface area contributed by atoms with Crippen molar-refractivity contribution in [2.45, 2.75) is 19.8 Å². The number of rotatable bonds is 5. The highest BCUT2D eigenvalue weighted by molar-refractivity contribution is 7.80. The van der Waals surface area contributed by atoms with E-state index in [-0.39, 0.29) is 17.6 Å². The number of carbonyl (C=O) groups is 3. The standard InChI is InChI=1S/C18H21N3O4S/c1-2-25-16(23)9-8-15(22)20-18(26)19-14-7-5-6-13(12-14)17(24)21-10-3-4-11-21/h5-9,12H,2-4,10-11H2,1H3,(H2,19,20,22,26)/b9-8+. The zero-order valence-corrected chi connectivity index (χ0v) is 15.3. The Hall–Kier alpha value is -2.74. The van der Waals surface area contributed by atoms with Gasteiger partial charge in [0.1, 0.15) is 0 Å². The van der Waals surface area contributed by atoms with Gasteiger partial charge >= 0.3 is 5.97 Å². The number of nitrogens with zero attached hydrogens (tertiary/aromatic N) is 1. The monoisotopic (exact) mass is 375 g/mol. The van der Waals surface area contributed by atoms with Crippen molar-refractivity contribution in [2.24, 2.45) is 0 Å². The number of nitrogens with one attached hydrogen (secondary N) is 2. The van der Waals surface area contributed by atoms with Crippen LogP contribution >= 0.6 is 12.2 Å². The van der Waals surface area contributed by atoms with Gasteiger partial charge in [-0.25, -0.2) is 4.79 Å². The molecule has 1 heterocycles. The van der Waals surface area contributed by atoms with Crippen molar-refractivity contribution in [3.05, 3.63) is 42.0 Å². The van der Waals surface area contributed by atoms with Gasteiger partial charge in [-0.15, -0.1) is 0 Å². The van der Waals surface area contributed by atoms with Crippen LogP contribution in [0.5, 0.6) is 0 Å². The maximum Gasteiger partial charge on any atom is 0.330 e. The second kappa shape index (κ2) is 9.67. The van der Waals surface area contributed by atoms with E-state index in [1.54, 1.807) is 31.2 Å². The molecule has 2 N–H and O–H groups in total. The molecule has 0 saturated carbocycles. The molecule has 0 atom stereocenters. The summed E-state index contributed by atoms with van der Waals surface area (Å²) in [5.41, 5.74) is 1.16. The lowest BCUT2D eigenvalue weighted by Crippen LogP contribution is -2.33. The first-order chi connectivity index (χ1) is 12.5. The van der Waals surface area contributed by atoms with E-state index in [0.29, 0.717) is 11.3 Å². The Morgan fingerprint density at radius 1 is 1.23 bits per heavy atom. The highest BCUT2D eigenvalue weighted by Gasteiger charge is 2.19. The van der Waals surface area contributed by atoms with Crippen LogP contribution in [0.25, 0.3) is 0 Å². The highest BCUT2D eigenvalue weighted by Crippen LogP contribution is 2.16. The van der Waals surface area contributed by atoms with E-state index >= 15 is 0 Å². The molecule has 0 unspecified atom stereocenters. The number of benzene rings is 1. The molecule has 26 heavy (non-hydrogen) atoms. The smallest absolute Gasteiger partial charge is 0.330 e. The van der Waals surface area contributed by atoms with Crippen molar-refractivity contribution < 1.29 is 19.1 Å². The molecule has 1 saturated heterocycles. The molecule has 8 heteroatoms. The van der Waals surface area contributed by atoms with Gasteiger partial charge in [-0.05, 0) is 50.2 Å². The minimum atomic E-state index is -0.602. The molecule has 2 rings (SSSR count). The zero-order valence-electron chi connectivity index (χ0n) is 14.5. The predicted octanol–water partition coefficient (Wildman–Crippen LogP) is 1.85. The van der Waals surface area contributed by atoms with E-state index in [9.17, 15) is 14.4 Å². The normalized spacial score (nSPS) is 13.5. The zero-order chi connectivity index (χ0) is 18.9. The van der Waals surface area contributed by atoms with Crippen LogP contribution in [0.1, 0.15) is 30.1 Å². The summed E-state index contributed by atoms with van der Waals surface area (Å²) in [5, 5.41) is 5.34. The molecule has 0 aliphatic carbocycles. The summed E-state index contributed by atoms with van der Waals surface area (Å²) in [6.07, 6.45) is 4.12. The number of hydrogen-bond acceptors (Lipinski definition) is 5. The van der Waals surface area contributed by atoms with Crippen molar-refractivity contribution in [3.63, 3.8) is 0 Å². The number of hydrogen-bond donors (Lipinski definition) is 2. The Kier molecular flexibility index (Phi) is 7.28. The third-order valence-electron chi connectivity index (χ3n) is 3.65. The maximum absolute atomic E-state index is 12.4. The molecular weight excluding hydrogens is 354 g/mol. The van der Waals surface area contributed by atoms with E-state index in [2.05, 4.69) is 15.4 Å². The molecule has 1 fully saturated rings. The quantitative estimate of drug-likeness (QED) is 0.464. The molecule has 1 aliphatic heterocycles. The van der Waals surface area contributed by atoms with Crippen LogP contribution < -0.4 is 10.6 Å². The molecule has 138 valence electrons. The van der Waals surface area contributed by atoms with Gasteiger partial charge < -0.3 is 15.0 Å². The van der Waals surface area contributed by atoms with Crippen molar-refractivity contribution in [3.8, 4) is 0 Å².